The maximum Gasteiger partial charge on any atom is 0.407 e. The molecule has 0 unspecified atom stereocenters. The van der Waals surface area contributed by atoms with E-state index < -0.39 is 12.1 Å². The van der Waals surface area contributed by atoms with Crippen LogP contribution in [-0.2, 0) is 9.53 Å². The molecule has 3 aromatic rings. The van der Waals surface area contributed by atoms with E-state index in [2.05, 4.69) is 39.6 Å². The summed E-state index contributed by atoms with van der Waals surface area (Å²) in [4.78, 5) is 37.2. The number of aromatic nitrogens is 2. The lowest BCUT2D eigenvalue weighted by Crippen LogP contribution is -2.51. The summed E-state index contributed by atoms with van der Waals surface area (Å²) in [5.74, 6) is 0.618. The Morgan fingerprint density at radius 3 is 2.66 bits per heavy atom. The number of benzene rings is 1. The number of rotatable bonds is 6. The number of nitrogens with zero attached hydrogens (tertiary/aromatic N) is 2. The molecule has 4 rings (SSSR count). The number of imidazole rings is 1. The lowest BCUT2D eigenvalue weighted by atomic mass is 10.0. The number of methoxy groups -OCH3 is 1. The van der Waals surface area contributed by atoms with Crippen molar-refractivity contribution in [1.82, 2.24) is 20.2 Å². The number of hydrogen-bond acceptors (Lipinski definition) is 5. The van der Waals surface area contributed by atoms with E-state index in [1.807, 2.05) is 43.1 Å². The zero-order chi connectivity index (χ0) is 22.7. The minimum atomic E-state index is -0.636. The Hall–Kier alpha value is -3.13. The van der Waals surface area contributed by atoms with Crippen LogP contribution in [0.4, 0.5) is 4.79 Å². The average Bonchev–Trinajstić information content (AvgIpc) is 3.56. The fourth-order valence-corrected chi connectivity index (χ4v) is 5.04. The molecule has 0 saturated carbocycles. The quantitative estimate of drug-likeness (QED) is 0.560. The van der Waals surface area contributed by atoms with Crippen molar-refractivity contribution in [3.63, 3.8) is 0 Å². The predicted molar refractivity (Wildman–Crippen MR) is 125 cm³/mol. The average molecular weight is 453 g/mol. The summed E-state index contributed by atoms with van der Waals surface area (Å²) in [6, 6.07) is 13.7. The second-order valence-electron chi connectivity index (χ2n) is 8.26. The molecule has 1 aromatic carbocycles. The fourth-order valence-electron chi connectivity index (χ4n) is 4.06. The van der Waals surface area contributed by atoms with Crippen LogP contribution < -0.4 is 5.32 Å². The number of aromatic amines is 1. The van der Waals surface area contributed by atoms with E-state index in [1.165, 1.54) is 17.6 Å². The highest BCUT2D eigenvalue weighted by Crippen LogP contribution is 2.36. The Bertz CT molecular complexity index is 1080. The van der Waals surface area contributed by atoms with Gasteiger partial charge >= 0.3 is 6.09 Å². The molecule has 0 spiro atoms. The highest BCUT2D eigenvalue weighted by atomic mass is 32.1. The van der Waals surface area contributed by atoms with Crippen LogP contribution in [0.25, 0.3) is 21.0 Å². The molecule has 3 heterocycles. The molecule has 2 amide bonds. The molecule has 2 N–H and O–H groups in total. The van der Waals surface area contributed by atoms with Crippen LogP contribution >= 0.6 is 11.3 Å². The highest BCUT2D eigenvalue weighted by molar-refractivity contribution is 7.18. The van der Waals surface area contributed by atoms with E-state index >= 15 is 0 Å². The van der Waals surface area contributed by atoms with Crippen LogP contribution in [0.3, 0.4) is 0 Å². The minimum Gasteiger partial charge on any atom is -0.453 e. The molecular formula is C24H28N4O3S. The molecule has 0 radical (unpaired) electrons. The van der Waals surface area contributed by atoms with Gasteiger partial charge in [0.15, 0.2) is 0 Å². The summed E-state index contributed by atoms with van der Waals surface area (Å²) in [5.41, 5.74) is 2.13. The van der Waals surface area contributed by atoms with E-state index in [4.69, 9.17) is 4.74 Å². The number of carbonyl (C=O) groups is 2. The summed E-state index contributed by atoms with van der Waals surface area (Å²) in [7, 11) is 1.30. The lowest BCUT2D eigenvalue weighted by Gasteiger charge is -2.30. The summed E-state index contributed by atoms with van der Waals surface area (Å²) in [6.45, 7) is 4.47. The van der Waals surface area contributed by atoms with Crippen LogP contribution in [0.5, 0.6) is 0 Å². The van der Waals surface area contributed by atoms with Crippen molar-refractivity contribution >= 4 is 23.3 Å². The summed E-state index contributed by atoms with van der Waals surface area (Å²) in [6.07, 6.45) is 2.97. The second kappa shape index (κ2) is 9.56. The lowest BCUT2D eigenvalue weighted by molar-refractivity contribution is -0.135. The van der Waals surface area contributed by atoms with Crippen molar-refractivity contribution in [1.29, 1.82) is 0 Å². The van der Waals surface area contributed by atoms with Gasteiger partial charge in [0.1, 0.15) is 11.9 Å². The third-order valence-electron chi connectivity index (χ3n) is 5.77. The maximum atomic E-state index is 13.3. The number of carbonyl (C=O) groups excluding carboxylic acids is 2. The maximum absolute atomic E-state index is 13.3. The Labute approximate surface area is 191 Å². The van der Waals surface area contributed by atoms with Gasteiger partial charge in [-0.2, -0.15) is 0 Å². The fraction of sp³-hybridized carbons (Fsp3) is 0.375. The van der Waals surface area contributed by atoms with Gasteiger partial charge in [-0.3, -0.25) is 4.79 Å². The molecule has 0 aliphatic carbocycles. The molecule has 1 aliphatic heterocycles. The molecule has 2 atom stereocenters. The molecule has 2 aromatic heterocycles. The SMILES string of the molecule is COC(=O)N[C@H](C(=O)N1CCC[C@H]1c1ncc(-c2ccc(-c3ccccc3)s2)[nH]1)C(C)C. The Kier molecular flexibility index (Phi) is 6.60. The van der Waals surface area contributed by atoms with E-state index in [0.29, 0.717) is 6.54 Å². The van der Waals surface area contributed by atoms with Gasteiger partial charge in [-0.1, -0.05) is 44.2 Å². The van der Waals surface area contributed by atoms with Crippen molar-refractivity contribution < 1.29 is 14.3 Å². The van der Waals surface area contributed by atoms with Crippen molar-refractivity contribution in [2.75, 3.05) is 13.7 Å². The topological polar surface area (TPSA) is 87.3 Å². The monoisotopic (exact) mass is 452 g/mol. The molecule has 1 fully saturated rings. The summed E-state index contributed by atoms with van der Waals surface area (Å²) < 4.78 is 4.70. The van der Waals surface area contributed by atoms with Crippen molar-refractivity contribution in [2.24, 2.45) is 5.92 Å². The van der Waals surface area contributed by atoms with Crippen LogP contribution in [0, 0.1) is 5.92 Å². The Morgan fingerprint density at radius 2 is 1.94 bits per heavy atom. The van der Waals surface area contributed by atoms with Crippen molar-refractivity contribution in [2.45, 2.75) is 38.8 Å². The number of ether oxygens (including phenoxy) is 1. The van der Waals surface area contributed by atoms with Gasteiger partial charge in [0, 0.05) is 11.4 Å². The number of alkyl carbamates (subject to hydrolysis) is 1. The van der Waals surface area contributed by atoms with Gasteiger partial charge in [0.05, 0.1) is 29.9 Å². The van der Waals surface area contributed by atoms with Gasteiger partial charge in [0.2, 0.25) is 5.91 Å². The number of thiophene rings is 1. The third-order valence-corrected chi connectivity index (χ3v) is 6.94. The Morgan fingerprint density at radius 1 is 1.19 bits per heavy atom. The molecule has 8 heteroatoms. The number of amides is 2. The van der Waals surface area contributed by atoms with Gasteiger partial charge in [-0.05, 0) is 36.5 Å². The summed E-state index contributed by atoms with van der Waals surface area (Å²) in [5, 5.41) is 2.68. The molecule has 32 heavy (non-hydrogen) atoms. The number of hydrogen-bond donors (Lipinski definition) is 2. The first-order valence-corrected chi connectivity index (χ1v) is 11.6. The first-order valence-electron chi connectivity index (χ1n) is 10.8. The second-order valence-corrected chi connectivity index (χ2v) is 9.34. The number of H-pyrrole nitrogens is 1. The van der Waals surface area contributed by atoms with E-state index in [1.54, 1.807) is 11.3 Å². The van der Waals surface area contributed by atoms with Crippen LogP contribution in [-0.4, -0.2) is 46.6 Å². The van der Waals surface area contributed by atoms with E-state index in [9.17, 15) is 9.59 Å². The van der Waals surface area contributed by atoms with Crippen molar-refractivity contribution in [3.05, 3.63) is 54.5 Å². The van der Waals surface area contributed by atoms with Crippen LogP contribution in [0.15, 0.2) is 48.7 Å². The first kappa shape index (κ1) is 22.1. The van der Waals surface area contributed by atoms with Gasteiger partial charge in [-0.15, -0.1) is 11.3 Å². The van der Waals surface area contributed by atoms with Gasteiger partial charge in [0.25, 0.3) is 0 Å². The molecular weight excluding hydrogens is 424 g/mol. The van der Waals surface area contributed by atoms with Crippen molar-refractivity contribution in [3.8, 4) is 21.0 Å². The minimum absolute atomic E-state index is 0.0578. The zero-order valence-corrected chi connectivity index (χ0v) is 19.3. The third kappa shape index (κ3) is 4.55. The van der Waals surface area contributed by atoms with E-state index in [0.717, 1.165) is 29.2 Å². The van der Waals surface area contributed by atoms with Crippen LogP contribution in [0.1, 0.15) is 38.6 Å². The molecule has 0 bridgehead atoms. The predicted octanol–water partition coefficient (Wildman–Crippen LogP) is 4.85. The van der Waals surface area contributed by atoms with Crippen LogP contribution in [0.2, 0.25) is 0 Å². The normalized spacial score (nSPS) is 16.9. The van der Waals surface area contributed by atoms with Gasteiger partial charge in [-0.25, -0.2) is 9.78 Å². The standard InChI is InChI=1S/C24H28N4O3S/c1-15(2)21(27-24(30)31-3)23(29)28-13-7-10-18(28)22-25-14-17(26-22)20-12-11-19(32-20)16-8-5-4-6-9-16/h4-6,8-9,11-12,14-15,18,21H,7,10,13H2,1-3H3,(H,25,26)(H,27,30)/t18-,21-/m0/s1. The smallest absolute Gasteiger partial charge is 0.407 e. The Balaban J connectivity index is 1.52. The van der Waals surface area contributed by atoms with Gasteiger partial charge < -0.3 is 19.9 Å². The molecule has 1 aliphatic rings. The zero-order valence-electron chi connectivity index (χ0n) is 18.5. The largest absolute Gasteiger partial charge is 0.453 e. The highest BCUT2D eigenvalue weighted by Gasteiger charge is 2.37. The number of likely N-dealkylation sites (tertiary alicyclic amines) is 1. The molecule has 1 saturated heterocycles. The summed E-state index contributed by atoms with van der Waals surface area (Å²) >= 11 is 1.71. The molecule has 7 nitrogen and oxygen atoms in total. The van der Waals surface area contributed by atoms with E-state index in [-0.39, 0.29) is 17.9 Å². The first-order chi connectivity index (χ1) is 15.5. The molecule has 168 valence electrons. The number of nitrogens with one attached hydrogen (secondary N) is 2.